The normalized spacial score (nSPS) is 24.1. The van der Waals surface area contributed by atoms with Crippen LogP contribution in [0.1, 0.15) is 0 Å². The molecule has 2 aliphatic heterocycles. The third kappa shape index (κ3) is 1.54. The van der Waals surface area contributed by atoms with Crippen LogP contribution in [0.4, 0.5) is 4.79 Å². The quantitative estimate of drug-likeness (QED) is 0.463. The monoisotopic (exact) mass is 253 g/mol. The molecule has 2 rings (SSSR count). The van der Waals surface area contributed by atoms with Crippen molar-refractivity contribution in [2.24, 2.45) is 0 Å². The van der Waals surface area contributed by atoms with Crippen molar-refractivity contribution in [2.45, 2.75) is 6.04 Å². The van der Waals surface area contributed by atoms with Crippen LogP contribution in [-0.4, -0.2) is 64.3 Å². The van der Waals surface area contributed by atoms with Crippen LogP contribution in [0, 0.1) is 0 Å². The van der Waals surface area contributed by atoms with Crippen molar-refractivity contribution >= 4 is 35.1 Å². The number of nitrogens with zero attached hydrogens (tertiary/aromatic N) is 3. The van der Waals surface area contributed by atoms with Crippen molar-refractivity contribution in [3.05, 3.63) is 12.7 Å². The topological polar surface area (TPSA) is 57.8 Å². The number of hydrogen-bond acceptors (Lipinski definition) is 3. The second kappa shape index (κ2) is 3.92. The first-order valence-electron chi connectivity index (χ1n) is 5.09. The Hall–Kier alpha value is -1.76. The number of rotatable bonds is 2. The minimum Gasteiger partial charge on any atom is -0.270 e. The zero-order chi connectivity index (χ0) is 12.7. The van der Waals surface area contributed by atoms with Crippen LogP contribution in [0.25, 0.3) is 0 Å². The van der Waals surface area contributed by atoms with Gasteiger partial charge in [-0.3, -0.25) is 14.6 Å². The van der Waals surface area contributed by atoms with Crippen LogP contribution in [0.15, 0.2) is 12.7 Å². The lowest BCUT2D eigenvalue weighted by atomic mass is 10.1. The van der Waals surface area contributed by atoms with E-state index in [1.807, 2.05) is 0 Å². The van der Waals surface area contributed by atoms with E-state index in [2.05, 4.69) is 11.6 Å². The molecule has 0 spiro atoms. The molecule has 2 heterocycles. The summed E-state index contributed by atoms with van der Waals surface area (Å²) in [7, 11) is 3.08. The molecule has 1 fully saturated rings. The third-order valence-corrected chi connectivity index (χ3v) is 3.23. The maximum Gasteiger partial charge on any atom is 0.388 e. The second-order valence-corrected chi connectivity index (χ2v) is 4.28. The lowest BCUT2D eigenvalue weighted by molar-refractivity contribution is -0.319. The summed E-state index contributed by atoms with van der Waals surface area (Å²) < 4.78 is 0. The second-order valence-electron chi connectivity index (χ2n) is 3.90. The zero-order valence-electron chi connectivity index (χ0n) is 9.64. The van der Waals surface area contributed by atoms with Gasteiger partial charge in [0.25, 0.3) is 16.9 Å². The number of fused-ring (bicyclic) bond motifs is 1. The standard InChI is InChI=1S/C10H12N4O2S/c1-4-5-14-6-7(11-9(14)17)12(2)10(16)13(3)8(6)15/h4,6H,1,5H2,2-3H3/p+1. The van der Waals surface area contributed by atoms with Crippen LogP contribution >= 0.6 is 12.2 Å². The van der Waals surface area contributed by atoms with Gasteiger partial charge in [0, 0.05) is 7.05 Å². The van der Waals surface area contributed by atoms with Gasteiger partial charge >= 0.3 is 6.03 Å². The average Bonchev–Trinajstić information content (AvgIpc) is 2.62. The van der Waals surface area contributed by atoms with E-state index >= 15 is 0 Å². The largest absolute Gasteiger partial charge is 0.388 e. The van der Waals surface area contributed by atoms with Gasteiger partial charge in [0.1, 0.15) is 0 Å². The van der Waals surface area contributed by atoms with Crippen LogP contribution in [0.3, 0.4) is 0 Å². The minimum atomic E-state index is -0.548. The Morgan fingerprint density at radius 2 is 2.06 bits per heavy atom. The van der Waals surface area contributed by atoms with Gasteiger partial charge in [0.15, 0.2) is 0 Å². The lowest BCUT2D eigenvalue weighted by Gasteiger charge is -2.30. The summed E-state index contributed by atoms with van der Waals surface area (Å²) >= 11 is 5.14. The Morgan fingerprint density at radius 1 is 1.41 bits per heavy atom. The molecule has 1 N–H and O–H groups in total. The Morgan fingerprint density at radius 3 is 2.65 bits per heavy atom. The number of thiocarbonyl (C=S) groups is 1. The number of likely N-dealkylation sites (N-methyl/N-ethyl adjacent to an activating group) is 2. The number of carbonyl (C=O) groups is 2. The highest BCUT2D eigenvalue weighted by atomic mass is 32.1. The predicted octanol–water partition coefficient (Wildman–Crippen LogP) is -1.86. The fourth-order valence-electron chi connectivity index (χ4n) is 1.97. The van der Waals surface area contributed by atoms with Gasteiger partial charge in [-0.05, 0) is 12.2 Å². The molecule has 0 saturated carbocycles. The number of amides is 3. The van der Waals surface area contributed by atoms with E-state index in [-0.39, 0.29) is 11.9 Å². The SMILES string of the molecule is C=CCN1C(=S)[NH+]=C2C1C(=O)N(C)C(=O)N2C. The molecule has 1 saturated heterocycles. The van der Waals surface area contributed by atoms with Gasteiger partial charge in [0.2, 0.25) is 6.04 Å². The van der Waals surface area contributed by atoms with Gasteiger partial charge in [-0.1, -0.05) is 12.7 Å². The number of nitrogens with one attached hydrogen (secondary N) is 1. The van der Waals surface area contributed by atoms with Crippen molar-refractivity contribution in [3.63, 3.8) is 0 Å². The van der Waals surface area contributed by atoms with Crippen molar-refractivity contribution in [1.82, 2.24) is 14.7 Å². The maximum atomic E-state index is 12.1. The van der Waals surface area contributed by atoms with E-state index in [1.165, 1.54) is 11.9 Å². The predicted molar refractivity (Wildman–Crippen MR) is 65.2 cm³/mol. The number of hydrogen-bond donors (Lipinski definition) is 1. The van der Waals surface area contributed by atoms with E-state index < -0.39 is 6.04 Å². The average molecular weight is 253 g/mol. The molecule has 2 aliphatic rings. The molecule has 1 atom stereocenters. The first-order valence-corrected chi connectivity index (χ1v) is 5.50. The molecule has 90 valence electrons. The molecular formula is C10H13N4O2S+. The Kier molecular flexibility index (Phi) is 2.70. The van der Waals surface area contributed by atoms with Crippen LogP contribution in [0.2, 0.25) is 0 Å². The summed E-state index contributed by atoms with van der Waals surface area (Å²) in [6.45, 7) is 4.09. The molecule has 0 aliphatic carbocycles. The van der Waals surface area contributed by atoms with Crippen LogP contribution < -0.4 is 4.99 Å². The molecular weight excluding hydrogens is 240 g/mol. The Labute approximate surface area is 104 Å². The fourth-order valence-corrected chi connectivity index (χ4v) is 2.25. The highest BCUT2D eigenvalue weighted by molar-refractivity contribution is 7.79. The molecule has 1 unspecified atom stereocenters. The third-order valence-electron chi connectivity index (χ3n) is 2.89. The molecule has 0 bridgehead atoms. The van der Waals surface area contributed by atoms with E-state index in [0.29, 0.717) is 17.5 Å². The molecule has 7 heteroatoms. The van der Waals surface area contributed by atoms with Crippen LogP contribution in [-0.2, 0) is 4.79 Å². The van der Waals surface area contributed by atoms with Crippen LogP contribution in [0.5, 0.6) is 0 Å². The highest BCUT2D eigenvalue weighted by Gasteiger charge is 2.53. The van der Waals surface area contributed by atoms with Crippen molar-refractivity contribution in [1.29, 1.82) is 0 Å². The van der Waals surface area contributed by atoms with Crippen molar-refractivity contribution < 1.29 is 14.6 Å². The van der Waals surface area contributed by atoms with E-state index in [9.17, 15) is 9.59 Å². The summed E-state index contributed by atoms with van der Waals surface area (Å²) in [5.41, 5.74) is 0. The van der Waals surface area contributed by atoms with Gasteiger partial charge in [-0.25, -0.2) is 14.7 Å². The van der Waals surface area contributed by atoms with E-state index in [1.54, 1.807) is 18.0 Å². The summed E-state index contributed by atoms with van der Waals surface area (Å²) in [5.74, 6) is 0.238. The van der Waals surface area contributed by atoms with Crippen molar-refractivity contribution in [2.75, 3.05) is 20.6 Å². The summed E-state index contributed by atoms with van der Waals surface area (Å²) in [5, 5.41) is 0.438. The maximum absolute atomic E-state index is 12.1. The summed E-state index contributed by atoms with van der Waals surface area (Å²) in [6.07, 6.45) is 1.67. The molecule has 3 amide bonds. The van der Waals surface area contributed by atoms with Gasteiger partial charge in [-0.15, -0.1) is 0 Å². The Balaban J connectivity index is 2.42. The smallest absolute Gasteiger partial charge is 0.270 e. The summed E-state index contributed by atoms with van der Waals surface area (Å²) in [6, 6.07) is -0.912. The highest BCUT2D eigenvalue weighted by Crippen LogP contribution is 2.15. The number of imide groups is 1. The van der Waals surface area contributed by atoms with Gasteiger partial charge < -0.3 is 0 Å². The molecule has 0 aromatic rings. The zero-order valence-corrected chi connectivity index (χ0v) is 10.5. The molecule has 17 heavy (non-hydrogen) atoms. The first-order chi connectivity index (χ1) is 7.99. The first kappa shape index (κ1) is 11.7. The van der Waals surface area contributed by atoms with Gasteiger partial charge in [0.05, 0.1) is 13.6 Å². The molecule has 0 aromatic heterocycles. The number of urea groups is 1. The Bertz CT molecular complexity index is 459. The summed E-state index contributed by atoms with van der Waals surface area (Å²) in [4.78, 5) is 30.9. The molecule has 0 aromatic carbocycles. The molecule has 6 nitrogen and oxygen atoms in total. The molecule has 0 radical (unpaired) electrons. The minimum absolute atomic E-state index is 0.280. The fraction of sp³-hybridized carbons (Fsp3) is 0.400. The van der Waals surface area contributed by atoms with E-state index in [4.69, 9.17) is 12.2 Å². The lowest BCUT2D eigenvalue weighted by Crippen LogP contribution is -2.79. The van der Waals surface area contributed by atoms with Crippen molar-refractivity contribution in [3.8, 4) is 0 Å². The van der Waals surface area contributed by atoms with E-state index in [0.717, 1.165) is 4.90 Å². The number of amidine groups is 1. The number of carbonyl (C=O) groups excluding carboxylic acids is 2. The van der Waals surface area contributed by atoms with Gasteiger partial charge in [-0.2, -0.15) is 0 Å².